The van der Waals surface area contributed by atoms with E-state index in [0.717, 1.165) is 30.5 Å². The molecule has 0 atom stereocenters. The molecule has 3 heteroatoms. The minimum atomic E-state index is 0.895. The molecule has 1 saturated carbocycles. The van der Waals surface area contributed by atoms with Crippen molar-refractivity contribution in [1.29, 1.82) is 0 Å². The van der Waals surface area contributed by atoms with E-state index in [1.807, 2.05) is 13.8 Å². The van der Waals surface area contributed by atoms with Gasteiger partial charge in [0.15, 0.2) is 0 Å². The monoisotopic (exact) mass is 236 g/mol. The van der Waals surface area contributed by atoms with E-state index in [1.54, 1.807) is 0 Å². The summed E-state index contributed by atoms with van der Waals surface area (Å²) < 4.78 is 5.14. The van der Waals surface area contributed by atoms with Gasteiger partial charge in [-0.3, -0.25) is 0 Å². The van der Waals surface area contributed by atoms with Crippen LogP contribution in [0.2, 0.25) is 0 Å². The van der Waals surface area contributed by atoms with Crippen LogP contribution >= 0.6 is 0 Å². The van der Waals surface area contributed by atoms with Crippen molar-refractivity contribution in [2.75, 3.05) is 6.54 Å². The first-order chi connectivity index (χ1) is 8.27. The largest absolute Gasteiger partial charge is 0.361 e. The average Bonchev–Trinajstić information content (AvgIpc) is 2.92. The molecule has 0 aliphatic heterocycles. The fourth-order valence-corrected chi connectivity index (χ4v) is 2.78. The second kappa shape index (κ2) is 6.20. The molecular formula is C14H24N2O. The van der Waals surface area contributed by atoms with Gasteiger partial charge in [-0.1, -0.05) is 30.8 Å². The van der Waals surface area contributed by atoms with Gasteiger partial charge in [0.25, 0.3) is 0 Å². The molecule has 0 aromatic carbocycles. The number of aryl methyl sites for hydroxylation is 2. The molecule has 0 unspecified atom stereocenters. The van der Waals surface area contributed by atoms with Crippen LogP contribution in [0, 0.1) is 19.8 Å². The molecule has 0 saturated heterocycles. The molecule has 0 radical (unpaired) electrons. The molecule has 1 N–H and O–H groups in total. The number of hydrogen-bond acceptors (Lipinski definition) is 3. The number of nitrogens with one attached hydrogen (secondary N) is 1. The van der Waals surface area contributed by atoms with E-state index >= 15 is 0 Å². The van der Waals surface area contributed by atoms with E-state index in [-0.39, 0.29) is 0 Å². The molecule has 1 aliphatic rings. The van der Waals surface area contributed by atoms with Crippen LogP contribution in [-0.4, -0.2) is 11.7 Å². The van der Waals surface area contributed by atoms with Crippen LogP contribution in [0.15, 0.2) is 4.52 Å². The van der Waals surface area contributed by atoms with Gasteiger partial charge >= 0.3 is 0 Å². The first-order valence-corrected chi connectivity index (χ1v) is 6.90. The van der Waals surface area contributed by atoms with Crippen molar-refractivity contribution in [3.8, 4) is 0 Å². The molecule has 0 spiro atoms. The summed E-state index contributed by atoms with van der Waals surface area (Å²) in [5, 5.41) is 7.46. The summed E-state index contributed by atoms with van der Waals surface area (Å²) in [5.41, 5.74) is 2.25. The van der Waals surface area contributed by atoms with E-state index in [1.165, 1.54) is 44.1 Å². The van der Waals surface area contributed by atoms with Crippen LogP contribution in [0.5, 0.6) is 0 Å². The van der Waals surface area contributed by atoms with E-state index in [0.29, 0.717) is 0 Å². The second-order valence-corrected chi connectivity index (χ2v) is 5.27. The summed E-state index contributed by atoms with van der Waals surface area (Å²) in [5.74, 6) is 1.96. The van der Waals surface area contributed by atoms with Crippen molar-refractivity contribution in [2.45, 2.75) is 58.9 Å². The molecular weight excluding hydrogens is 212 g/mol. The lowest BCUT2D eigenvalue weighted by Crippen LogP contribution is -2.16. The first kappa shape index (κ1) is 12.6. The lowest BCUT2D eigenvalue weighted by molar-refractivity contribution is 0.391. The van der Waals surface area contributed by atoms with E-state index in [4.69, 9.17) is 4.52 Å². The van der Waals surface area contributed by atoms with Crippen LogP contribution in [0.25, 0.3) is 0 Å². The summed E-state index contributed by atoms with van der Waals surface area (Å²) >= 11 is 0. The normalized spacial score (nSPS) is 16.8. The van der Waals surface area contributed by atoms with Crippen molar-refractivity contribution in [3.05, 3.63) is 17.0 Å². The van der Waals surface area contributed by atoms with Crippen molar-refractivity contribution in [3.63, 3.8) is 0 Å². The van der Waals surface area contributed by atoms with E-state index in [9.17, 15) is 0 Å². The Morgan fingerprint density at radius 2 is 2.06 bits per heavy atom. The number of hydrogen-bond donors (Lipinski definition) is 1. The molecule has 17 heavy (non-hydrogen) atoms. The maximum atomic E-state index is 5.14. The van der Waals surface area contributed by atoms with Crippen LogP contribution in [-0.2, 0) is 6.54 Å². The molecule has 96 valence electrons. The maximum Gasteiger partial charge on any atom is 0.138 e. The fourth-order valence-electron chi connectivity index (χ4n) is 2.78. The van der Waals surface area contributed by atoms with Gasteiger partial charge in [-0.2, -0.15) is 0 Å². The quantitative estimate of drug-likeness (QED) is 0.770. The van der Waals surface area contributed by atoms with Gasteiger partial charge in [-0.15, -0.1) is 0 Å². The minimum absolute atomic E-state index is 0.895. The Balaban J connectivity index is 1.60. The zero-order chi connectivity index (χ0) is 12.1. The van der Waals surface area contributed by atoms with Crippen LogP contribution in [0.1, 0.15) is 55.5 Å². The molecule has 0 bridgehead atoms. The molecule has 1 aromatic heterocycles. The zero-order valence-electron chi connectivity index (χ0n) is 11.1. The van der Waals surface area contributed by atoms with Gasteiger partial charge in [0.05, 0.1) is 5.69 Å². The standard InChI is InChI=1S/C14H24N2O/c1-11-14(12(2)17-16-11)10-15-9-5-8-13-6-3-4-7-13/h13,15H,3-10H2,1-2H3. The highest BCUT2D eigenvalue weighted by atomic mass is 16.5. The second-order valence-electron chi connectivity index (χ2n) is 5.27. The van der Waals surface area contributed by atoms with Crippen molar-refractivity contribution >= 4 is 0 Å². The van der Waals surface area contributed by atoms with Gasteiger partial charge in [0.2, 0.25) is 0 Å². The summed E-state index contributed by atoms with van der Waals surface area (Å²) in [6, 6.07) is 0. The zero-order valence-corrected chi connectivity index (χ0v) is 11.1. The Bertz CT molecular complexity index is 320. The summed E-state index contributed by atoms with van der Waals surface area (Å²) in [4.78, 5) is 0. The van der Waals surface area contributed by atoms with E-state index < -0.39 is 0 Å². The highest BCUT2D eigenvalue weighted by Gasteiger charge is 2.14. The van der Waals surface area contributed by atoms with Crippen LogP contribution in [0.3, 0.4) is 0 Å². The molecule has 2 rings (SSSR count). The third kappa shape index (κ3) is 3.56. The molecule has 1 heterocycles. The lowest BCUT2D eigenvalue weighted by atomic mass is 10.0. The third-order valence-electron chi connectivity index (χ3n) is 3.92. The molecule has 1 aliphatic carbocycles. The van der Waals surface area contributed by atoms with Crippen molar-refractivity contribution in [2.24, 2.45) is 5.92 Å². The lowest BCUT2D eigenvalue weighted by Gasteiger charge is -2.09. The Kier molecular flexibility index (Phi) is 4.60. The average molecular weight is 236 g/mol. The SMILES string of the molecule is Cc1noc(C)c1CNCCCC1CCCC1. The fraction of sp³-hybridized carbons (Fsp3) is 0.786. The van der Waals surface area contributed by atoms with Crippen LogP contribution < -0.4 is 5.32 Å². The Labute approximate surface area is 104 Å². The topological polar surface area (TPSA) is 38.1 Å². The predicted molar refractivity (Wildman–Crippen MR) is 68.9 cm³/mol. The Hall–Kier alpha value is -0.830. The van der Waals surface area contributed by atoms with Crippen molar-refractivity contribution in [1.82, 2.24) is 10.5 Å². The summed E-state index contributed by atoms with van der Waals surface area (Å²) in [7, 11) is 0. The minimum Gasteiger partial charge on any atom is -0.361 e. The van der Waals surface area contributed by atoms with Gasteiger partial charge < -0.3 is 9.84 Å². The molecule has 1 fully saturated rings. The number of rotatable bonds is 6. The highest BCUT2D eigenvalue weighted by molar-refractivity contribution is 5.20. The maximum absolute atomic E-state index is 5.14. The van der Waals surface area contributed by atoms with Gasteiger partial charge in [-0.05, 0) is 39.2 Å². The van der Waals surface area contributed by atoms with Gasteiger partial charge in [0.1, 0.15) is 5.76 Å². The Morgan fingerprint density at radius 3 is 2.71 bits per heavy atom. The van der Waals surface area contributed by atoms with Gasteiger partial charge in [-0.25, -0.2) is 0 Å². The summed E-state index contributed by atoms with van der Waals surface area (Å²) in [6.07, 6.45) is 8.53. The van der Waals surface area contributed by atoms with Gasteiger partial charge in [0, 0.05) is 12.1 Å². The molecule has 3 nitrogen and oxygen atoms in total. The number of nitrogens with zero attached hydrogens (tertiary/aromatic N) is 1. The first-order valence-electron chi connectivity index (χ1n) is 6.90. The van der Waals surface area contributed by atoms with Crippen LogP contribution in [0.4, 0.5) is 0 Å². The molecule has 0 amide bonds. The predicted octanol–water partition coefficient (Wildman–Crippen LogP) is 3.35. The van der Waals surface area contributed by atoms with Crippen molar-refractivity contribution < 1.29 is 4.52 Å². The smallest absolute Gasteiger partial charge is 0.138 e. The van der Waals surface area contributed by atoms with E-state index in [2.05, 4.69) is 10.5 Å². The Morgan fingerprint density at radius 1 is 1.29 bits per heavy atom. The highest BCUT2D eigenvalue weighted by Crippen LogP contribution is 2.28. The molecule has 1 aromatic rings. The summed E-state index contributed by atoms with van der Waals surface area (Å²) in [6.45, 7) is 5.99. The number of aromatic nitrogens is 1. The third-order valence-corrected chi connectivity index (χ3v) is 3.92.